The van der Waals surface area contributed by atoms with Crippen molar-refractivity contribution in [3.63, 3.8) is 0 Å². The van der Waals surface area contributed by atoms with Crippen LogP contribution in [0.1, 0.15) is 6.42 Å². The second kappa shape index (κ2) is 6.53. The van der Waals surface area contributed by atoms with Crippen molar-refractivity contribution in [2.45, 2.75) is 6.42 Å². The molecule has 0 spiro atoms. The fourth-order valence-electron chi connectivity index (χ4n) is 2.21. The van der Waals surface area contributed by atoms with Crippen LogP contribution in [0.2, 0.25) is 5.02 Å². The second-order valence-electron chi connectivity index (χ2n) is 4.95. The number of hydrogen-bond donors (Lipinski definition) is 2. The highest BCUT2D eigenvalue weighted by Crippen LogP contribution is 2.27. The molecule has 0 saturated carbocycles. The van der Waals surface area contributed by atoms with Crippen molar-refractivity contribution in [2.75, 3.05) is 30.5 Å². The molecule has 0 bridgehead atoms. The Balaban J connectivity index is 1.89. The number of carbonyl (C=O) groups is 1. The maximum absolute atomic E-state index is 11.8. The van der Waals surface area contributed by atoms with Gasteiger partial charge in [0, 0.05) is 11.6 Å². The summed E-state index contributed by atoms with van der Waals surface area (Å²) in [5, 5.41) is 5.79. The Morgan fingerprint density at radius 2 is 2.24 bits per heavy atom. The smallest absolute Gasteiger partial charge is 0.319 e. The zero-order valence-electron chi connectivity index (χ0n) is 11.6. The summed E-state index contributed by atoms with van der Waals surface area (Å²) < 4.78 is 27.8. The predicted molar refractivity (Wildman–Crippen MR) is 81.8 cm³/mol. The standard InChI is InChI=1S/C13H17ClN2O4S/c1-20-12-3-2-10(14)6-11(12)16-13(17)15-7-9-4-5-21(18,19)8-9/h2-3,6,9H,4-5,7-8H2,1H3,(H2,15,16,17)/t9-/m0/s1. The van der Waals surface area contributed by atoms with Gasteiger partial charge in [-0.05, 0) is 30.5 Å². The fraction of sp³-hybridized carbons (Fsp3) is 0.462. The number of halogens is 1. The number of hydrogen-bond acceptors (Lipinski definition) is 4. The van der Waals surface area contributed by atoms with Crippen molar-refractivity contribution < 1.29 is 17.9 Å². The quantitative estimate of drug-likeness (QED) is 0.882. The first kappa shape index (κ1) is 15.9. The lowest BCUT2D eigenvalue weighted by atomic mass is 10.1. The van der Waals surface area contributed by atoms with E-state index in [0.717, 1.165) is 0 Å². The van der Waals surface area contributed by atoms with Gasteiger partial charge in [0.05, 0.1) is 24.3 Å². The topological polar surface area (TPSA) is 84.5 Å². The van der Waals surface area contributed by atoms with Gasteiger partial charge in [-0.25, -0.2) is 13.2 Å². The van der Waals surface area contributed by atoms with E-state index in [1.165, 1.54) is 7.11 Å². The van der Waals surface area contributed by atoms with Crippen LogP contribution in [-0.4, -0.2) is 39.6 Å². The van der Waals surface area contributed by atoms with E-state index in [1.807, 2.05) is 0 Å². The zero-order chi connectivity index (χ0) is 15.5. The van der Waals surface area contributed by atoms with Crippen molar-refractivity contribution in [2.24, 2.45) is 5.92 Å². The van der Waals surface area contributed by atoms with E-state index in [9.17, 15) is 13.2 Å². The molecule has 21 heavy (non-hydrogen) atoms. The lowest BCUT2D eigenvalue weighted by molar-refractivity contribution is 0.250. The third-order valence-corrected chi connectivity index (χ3v) is 5.36. The molecule has 0 aliphatic carbocycles. The van der Waals surface area contributed by atoms with Crippen LogP contribution in [0.5, 0.6) is 5.75 Å². The third kappa shape index (κ3) is 4.50. The zero-order valence-corrected chi connectivity index (χ0v) is 13.1. The molecule has 0 aromatic heterocycles. The highest BCUT2D eigenvalue weighted by Gasteiger charge is 2.27. The van der Waals surface area contributed by atoms with Crippen LogP contribution in [0, 0.1) is 5.92 Å². The van der Waals surface area contributed by atoms with Gasteiger partial charge in [0.15, 0.2) is 9.84 Å². The van der Waals surface area contributed by atoms with E-state index < -0.39 is 15.9 Å². The fourth-order valence-corrected chi connectivity index (χ4v) is 4.25. The molecule has 1 heterocycles. The summed E-state index contributed by atoms with van der Waals surface area (Å²) in [4.78, 5) is 11.8. The number of sulfone groups is 1. The molecule has 0 unspecified atom stereocenters. The van der Waals surface area contributed by atoms with Crippen LogP contribution < -0.4 is 15.4 Å². The largest absolute Gasteiger partial charge is 0.495 e. The normalized spacial score (nSPS) is 20.0. The molecule has 0 radical (unpaired) electrons. The van der Waals surface area contributed by atoms with Gasteiger partial charge < -0.3 is 15.4 Å². The average molecular weight is 333 g/mol. The molecule has 1 saturated heterocycles. The van der Waals surface area contributed by atoms with Crippen LogP contribution in [0.3, 0.4) is 0 Å². The number of methoxy groups -OCH3 is 1. The highest BCUT2D eigenvalue weighted by molar-refractivity contribution is 7.91. The van der Waals surface area contributed by atoms with Gasteiger partial charge in [0.1, 0.15) is 5.75 Å². The van der Waals surface area contributed by atoms with E-state index in [1.54, 1.807) is 18.2 Å². The maximum Gasteiger partial charge on any atom is 0.319 e. The Morgan fingerprint density at radius 3 is 2.86 bits per heavy atom. The van der Waals surface area contributed by atoms with E-state index in [-0.39, 0.29) is 17.4 Å². The van der Waals surface area contributed by atoms with E-state index in [2.05, 4.69) is 10.6 Å². The SMILES string of the molecule is COc1ccc(Cl)cc1NC(=O)NC[C@@H]1CCS(=O)(=O)C1. The second-order valence-corrected chi connectivity index (χ2v) is 7.61. The van der Waals surface area contributed by atoms with Crippen LogP contribution in [0.25, 0.3) is 0 Å². The molecule has 1 aromatic rings. The summed E-state index contributed by atoms with van der Waals surface area (Å²) in [6.07, 6.45) is 0.586. The number of amides is 2. The molecule has 2 N–H and O–H groups in total. The molecule has 1 fully saturated rings. The summed E-state index contributed by atoms with van der Waals surface area (Å²) in [5.74, 6) is 0.802. The molecular weight excluding hydrogens is 316 g/mol. The molecule has 2 amide bonds. The first-order valence-electron chi connectivity index (χ1n) is 6.48. The number of benzene rings is 1. The minimum Gasteiger partial charge on any atom is -0.495 e. The maximum atomic E-state index is 11.8. The Morgan fingerprint density at radius 1 is 1.48 bits per heavy atom. The first-order valence-corrected chi connectivity index (χ1v) is 8.68. The van der Waals surface area contributed by atoms with Crippen molar-refractivity contribution in [1.82, 2.24) is 5.32 Å². The Bertz CT molecular complexity index is 633. The van der Waals surface area contributed by atoms with Gasteiger partial charge in [-0.1, -0.05) is 11.6 Å². The van der Waals surface area contributed by atoms with E-state index >= 15 is 0 Å². The molecule has 8 heteroatoms. The summed E-state index contributed by atoms with van der Waals surface area (Å²) in [6, 6.07) is 4.48. The lowest BCUT2D eigenvalue weighted by Gasteiger charge is -2.13. The molecule has 6 nitrogen and oxygen atoms in total. The Labute approximate surface area is 128 Å². The van der Waals surface area contributed by atoms with Gasteiger partial charge in [0.25, 0.3) is 0 Å². The van der Waals surface area contributed by atoms with Gasteiger partial charge in [-0.2, -0.15) is 0 Å². The van der Waals surface area contributed by atoms with Gasteiger partial charge in [-0.3, -0.25) is 0 Å². The lowest BCUT2D eigenvalue weighted by Crippen LogP contribution is -2.33. The average Bonchev–Trinajstić information content (AvgIpc) is 2.76. The molecule has 2 rings (SSSR count). The van der Waals surface area contributed by atoms with E-state index in [0.29, 0.717) is 29.4 Å². The van der Waals surface area contributed by atoms with Crippen LogP contribution in [0.15, 0.2) is 18.2 Å². The molecular formula is C13H17ClN2O4S. The Kier molecular flexibility index (Phi) is 4.95. The van der Waals surface area contributed by atoms with Crippen LogP contribution in [0.4, 0.5) is 10.5 Å². The number of carbonyl (C=O) groups excluding carboxylic acids is 1. The summed E-state index contributed by atoms with van der Waals surface area (Å²) >= 11 is 5.88. The highest BCUT2D eigenvalue weighted by atomic mass is 35.5. The van der Waals surface area contributed by atoms with Gasteiger partial charge in [0.2, 0.25) is 0 Å². The van der Waals surface area contributed by atoms with Gasteiger partial charge in [-0.15, -0.1) is 0 Å². The molecule has 1 aliphatic heterocycles. The first-order chi connectivity index (χ1) is 9.89. The van der Waals surface area contributed by atoms with Crippen molar-refractivity contribution in [3.05, 3.63) is 23.2 Å². The molecule has 1 atom stereocenters. The minimum absolute atomic E-state index is 0.0259. The summed E-state index contributed by atoms with van der Waals surface area (Å²) in [6.45, 7) is 0.327. The molecule has 1 aliphatic rings. The number of nitrogens with one attached hydrogen (secondary N) is 2. The number of urea groups is 1. The monoisotopic (exact) mass is 332 g/mol. The van der Waals surface area contributed by atoms with Crippen molar-refractivity contribution in [3.8, 4) is 5.75 Å². The van der Waals surface area contributed by atoms with Crippen molar-refractivity contribution >= 4 is 33.2 Å². The molecule has 1 aromatic carbocycles. The number of ether oxygens (including phenoxy) is 1. The Hall–Kier alpha value is -1.47. The number of anilines is 1. The number of rotatable bonds is 4. The summed E-state index contributed by atoms with van der Waals surface area (Å²) in [5.41, 5.74) is 0.460. The van der Waals surface area contributed by atoms with Crippen molar-refractivity contribution in [1.29, 1.82) is 0 Å². The minimum atomic E-state index is -2.93. The summed E-state index contributed by atoms with van der Waals surface area (Å²) in [7, 11) is -1.43. The predicted octanol–water partition coefficient (Wildman–Crippen LogP) is 1.90. The molecule has 116 valence electrons. The third-order valence-electron chi connectivity index (χ3n) is 3.29. The van der Waals surface area contributed by atoms with Crippen LogP contribution in [-0.2, 0) is 9.84 Å². The van der Waals surface area contributed by atoms with Crippen LogP contribution >= 0.6 is 11.6 Å². The van der Waals surface area contributed by atoms with Gasteiger partial charge >= 0.3 is 6.03 Å². The van der Waals surface area contributed by atoms with E-state index in [4.69, 9.17) is 16.3 Å².